The summed E-state index contributed by atoms with van der Waals surface area (Å²) in [6.07, 6.45) is 3.01. The number of halogens is 2. The quantitative estimate of drug-likeness (QED) is 0.907. The molecule has 0 spiro atoms. The lowest BCUT2D eigenvalue weighted by molar-refractivity contribution is 0.102. The van der Waals surface area contributed by atoms with Gasteiger partial charge in [-0.2, -0.15) is 0 Å². The van der Waals surface area contributed by atoms with E-state index in [0.29, 0.717) is 11.3 Å². The number of aromatic nitrogens is 1. The van der Waals surface area contributed by atoms with Crippen molar-refractivity contribution in [2.45, 2.75) is 19.9 Å². The van der Waals surface area contributed by atoms with Crippen molar-refractivity contribution in [1.82, 2.24) is 4.98 Å². The van der Waals surface area contributed by atoms with Gasteiger partial charge in [0, 0.05) is 30.2 Å². The SMILES string of the molecule is CC(C)Nc1cncc(C(=O)Nc2ccc(F)c(F)c2)c1. The maximum absolute atomic E-state index is 13.1. The monoisotopic (exact) mass is 291 g/mol. The van der Waals surface area contributed by atoms with Gasteiger partial charge in [0.1, 0.15) is 0 Å². The van der Waals surface area contributed by atoms with Crippen LogP contribution in [-0.2, 0) is 0 Å². The number of nitrogens with zero attached hydrogens (tertiary/aromatic N) is 1. The van der Waals surface area contributed by atoms with E-state index in [2.05, 4.69) is 15.6 Å². The number of carbonyl (C=O) groups is 1. The summed E-state index contributed by atoms with van der Waals surface area (Å²) in [7, 11) is 0. The van der Waals surface area contributed by atoms with Crippen LogP contribution in [0.3, 0.4) is 0 Å². The molecule has 0 atom stereocenters. The van der Waals surface area contributed by atoms with E-state index in [0.717, 1.165) is 12.1 Å². The van der Waals surface area contributed by atoms with Gasteiger partial charge in [0.15, 0.2) is 11.6 Å². The fourth-order valence-corrected chi connectivity index (χ4v) is 1.75. The van der Waals surface area contributed by atoms with Gasteiger partial charge in [-0.3, -0.25) is 9.78 Å². The summed E-state index contributed by atoms with van der Waals surface area (Å²) in [4.78, 5) is 16.0. The van der Waals surface area contributed by atoms with Crippen molar-refractivity contribution in [3.8, 4) is 0 Å². The largest absolute Gasteiger partial charge is 0.382 e. The van der Waals surface area contributed by atoms with Crippen molar-refractivity contribution in [3.05, 3.63) is 53.9 Å². The highest BCUT2D eigenvalue weighted by Crippen LogP contribution is 2.15. The van der Waals surface area contributed by atoms with E-state index >= 15 is 0 Å². The van der Waals surface area contributed by atoms with Crippen molar-refractivity contribution in [3.63, 3.8) is 0 Å². The Balaban J connectivity index is 2.14. The van der Waals surface area contributed by atoms with Crippen molar-refractivity contribution in [2.24, 2.45) is 0 Å². The van der Waals surface area contributed by atoms with Crippen molar-refractivity contribution in [1.29, 1.82) is 0 Å². The fraction of sp³-hybridized carbons (Fsp3) is 0.200. The van der Waals surface area contributed by atoms with E-state index in [4.69, 9.17) is 0 Å². The molecule has 1 aromatic heterocycles. The normalized spacial score (nSPS) is 10.5. The van der Waals surface area contributed by atoms with Crippen LogP contribution in [0.25, 0.3) is 0 Å². The van der Waals surface area contributed by atoms with Crippen LogP contribution in [0, 0.1) is 11.6 Å². The van der Waals surface area contributed by atoms with E-state index in [1.165, 1.54) is 12.3 Å². The molecule has 0 aliphatic heterocycles. The molecular weight excluding hydrogens is 276 g/mol. The van der Waals surface area contributed by atoms with Crippen LogP contribution < -0.4 is 10.6 Å². The highest BCUT2D eigenvalue weighted by molar-refractivity contribution is 6.04. The van der Waals surface area contributed by atoms with E-state index in [1.807, 2.05) is 13.8 Å². The molecule has 2 aromatic rings. The molecule has 1 aromatic carbocycles. The minimum absolute atomic E-state index is 0.182. The predicted octanol–water partition coefficient (Wildman–Crippen LogP) is 3.43. The van der Waals surface area contributed by atoms with Crippen LogP contribution in [0.1, 0.15) is 24.2 Å². The lowest BCUT2D eigenvalue weighted by Crippen LogP contribution is -2.14. The third-order valence-corrected chi connectivity index (χ3v) is 2.63. The molecule has 0 aliphatic carbocycles. The minimum atomic E-state index is -1.01. The lowest BCUT2D eigenvalue weighted by atomic mass is 10.2. The first-order chi connectivity index (χ1) is 9.95. The zero-order valence-electron chi connectivity index (χ0n) is 11.7. The number of hydrogen-bond donors (Lipinski definition) is 2. The van der Waals surface area contributed by atoms with Crippen molar-refractivity contribution >= 4 is 17.3 Å². The molecule has 0 aliphatic rings. The Bertz CT molecular complexity index is 659. The van der Waals surface area contributed by atoms with Crippen LogP contribution in [0.5, 0.6) is 0 Å². The fourth-order valence-electron chi connectivity index (χ4n) is 1.75. The number of anilines is 2. The topological polar surface area (TPSA) is 54.0 Å². The third-order valence-electron chi connectivity index (χ3n) is 2.63. The molecule has 4 nitrogen and oxygen atoms in total. The molecule has 110 valence electrons. The van der Waals surface area contributed by atoms with Gasteiger partial charge in [-0.15, -0.1) is 0 Å². The van der Waals surface area contributed by atoms with E-state index < -0.39 is 17.5 Å². The van der Waals surface area contributed by atoms with Gasteiger partial charge >= 0.3 is 0 Å². The number of nitrogens with one attached hydrogen (secondary N) is 2. The summed E-state index contributed by atoms with van der Waals surface area (Å²) in [5.74, 6) is -2.42. The van der Waals surface area contributed by atoms with Crippen molar-refractivity contribution in [2.75, 3.05) is 10.6 Å². The third kappa shape index (κ3) is 3.98. The summed E-state index contributed by atoms with van der Waals surface area (Å²) < 4.78 is 25.9. The second-order valence-electron chi connectivity index (χ2n) is 4.84. The molecule has 0 saturated heterocycles. The Labute approximate surface area is 121 Å². The van der Waals surface area contributed by atoms with E-state index in [-0.39, 0.29) is 11.7 Å². The summed E-state index contributed by atoms with van der Waals surface area (Å²) in [5.41, 5.74) is 1.22. The zero-order valence-corrected chi connectivity index (χ0v) is 11.7. The predicted molar refractivity (Wildman–Crippen MR) is 77.3 cm³/mol. The molecule has 2 rings (SSSR count). The Morgan fingerprint density at radius 3 is 2.52 bits per heavy atom. The van der Waals surface area contributed by atoms with Gasteiger partial charge in [-0.1, -0.05) is 0 Å². The maximum Gasteiger partial charge on any atom is 0.257 e. The molecule has 2 N–H and O–H groups in total. The number of pyridine rings is 1. The summed E-state index contributed by atoms with van der Waals surface area (Å²) in [6.45, 7) is 3.93. The smallest absolute Gasteiger partial charge is 0.257 e. The Morgan fingerprint density at radius 2 is 1.86 bits per heavy atom. The maximum atomic E-state index is 13.1. The van der Waals surface area contributed by atoms with E-state index in [1.54, 1.807) is 12.3 Å². The first-order valence-corrected chi connectivity index (χ1v) is 6.43. The Morgan fingerprint density at radius 1 is 1.10 bits per heavy atom. The summed E-state index contributed by atoms with van der Waals surface area (Å²) >= 11 is 0. The van der Waals surface area contributed by atoms with Gasteiger partial charge in [-0.25, -0.2) is 8.78 Å². The molecule has 0 radical (unpaired) electrons. The molecule has 0 bridgehead atoms. The number of carbonyl (C=O) groups excluding carboxylic acids is 1. The van der Waals surface area contributed by atoms with Crippen molar-refractivity contribution < 1.29 is 13.6 Å². The highest BCUT2D eigenvalue weighted by Gasteiger charge is 2.10. The molecule has 0 saturated carbocycles. The highest BCUT2D eigenvalue weighted by atomic mass is 19.2. The molecule has 1 heterocycles. The standard InChI is InChI=1S/C15H15F2N3O/c1-9(2)19-12-5-10(7-18-8-12)15(21)20-11-3-4-13(16)14(17)6-11/h3-9,19H,1-2H3,(H,20,21). The molecule has 0 fully saturated rings. The van der Waals surface area contributed by atoms with Gasteiger partial charge in [0.05, 0.1) is 11.3 Å². The average molecular weight is 291 g/mol. The number of benzene rings is 1. The summed E-state index contributed by atoms with van der Waals surface area (Å²) in [6, 6.07) is 5.02. The molecule has 21 heavy (non-hydrogen) atoms. The molecule has 6 heteroatoms. The van der Waals surface area contributed by atoms with Crippen LogP contribution in [0.4, 0.5) is 20.2 Å². The second-order valence-corrected chi connectivity index (χ2v) is 4.84. The summed E-state index contributed by atoms with van der Waals surface area (Å²) in [5, 5.41) is 5.62. The number of hydrogen-bond acceptors (Lipinski definition) is 3. The van der Waals surface area contributed by atoms with E-state index in [9.17, 15) is 13.6 Å². The van der Waals surface area contributed by atoms with Crippen LogP contribution in [0.2, 0.25) is 0 Å². The van der Waals surface area contributed by atoms with Gasteiger partial charge in [-0.05, 0) is 32.0 Å². The lowest BCUT2D eigenvalue weighted by Gasteiger charge is -2.11. The number of rotatable bonds is 4. The number of amides is 1. The molecule has 0 unspecified atom stereocenters. The minimum Gasteiger partial charge on any atom is -0.382 e. The molecule has 1 amide bonds. The van der Waals surface area contributed by atoms with Gasteiger partial charge < -0.3 is 10.6 Å². The first kappa shape index (κ1) is 14.9. The second kappa shape index (κ2) is 6.30. The molecular formula is C15H15F2N3O. The zero-order chi connectivity index (χ0) is 15.4. The van der Waals surface area contributed by atoms with Gasteiger partial charge in [0.25, 0.3) is 5.91 Å². The van der Waals surface area contributed by atoms with Crippen LogP contribution >= 0.6 is 0 Å². The Hall–Kier alpha value is -2.50. The Kier molecular flexibility index (Phi) is 4.47. The van der Waals surface area contributed by atoms with Crippen LogP contribution in [0.15, 0.2) is 36.7 Å². The average Bonchev–Trinajstić information content (AvgIpc) is 2.42. The first-order valence-electron chi connectivity index (χ1n) is 6.43. The van der Waals surface area contributed by atoms with Crippen LogP contribution in [-0.4, -0.2) is 16.9 Å². The van der Waals surface area contributed by atoms with Gasteiger partial charge in [0.2, 0.25) is 0 Å².